The molecule has 0 radical (unpaired) electrons. The zero-order valence-corrected chi connectivity index (χ0v) is 14.4. The summed E-state index contributed by atoms with van der Waals surface area (Å²) in [6.07, 6.45) is 7.90. The molecule has 0 aliphatic carbocycles. The van der Waals surface area contributed by atoms with Crippen LogP contribution in [0.3, 0.4) is 0 Å². The van der Waals surface area contributed by atoms with Crippen molar-refractivity contribution in [2.45, 2.75) is 6.92 Å². The van der Waals surface area contributed by atoms with Crippen LogP contribution in [0, 0.1) is 5.41 Å². The summed E-state index contributed by atoms with van der Waals surface area (Å²) < 4.78 is 5.13. The van der Waals surface area contributed by atoms with Crippen molar-refractivity contribution in [3.63, 3.8) is 0 Å². The number of carbonyl (C=O) groups excluding carboxylic acids is 1. The summed E-state index contributed by atoms with van der Waals surface area (Å²) in [6.45, 7) is 1.56. The molecule has 1 aliphatic heterocycles. The highest BCUT2D eigenvalue weighted by Gasteiger charge is 2.18. The van der Waals surface area contributed by atoms with Gasteiger partial charge in [0.15, 0.2) is 0 Å². The van der Waals surface area contributed by atoms with Gasteiger partial charge in [0.25, 0.3) is 5.91 Å². The summed E-state index contributed by atoms with van der Waals surface area (Å²) in [5.74, 6) is -0.389. The predicted molar refractivity (Wildman–Crippen MR) is 104 cm³/mol. The number of aliphatic imine (C=N–C) groups is 1. The lowest BCUT2D eigenvalue weighted by atomic mass is 10.1. The van der Waals surface area contributed by atoms with Gasteiger partial charge in [-0.25, -0.2) is 0 Å². The van der Waals surface area contributed by atoms with Gasteiger partial charge in [0, 0.05) is 34.7 Å². The Kier molecular flexibility index (Phi) is 4.13. The molecule has 1 aromatic carbocycles. The third kappa shape index (κ3) is 3.15. The molecule has 27 heavy (non-hydrogen) atoms. The highest BCUT2D eigenvalue weighted by Crippen LogP contribution is 2.28. The van der Waals surface area contributed by atoms with Gasteiger partial charge in [-0.2, -0.15) is 5.10 Å². The number of allylic oxidation sites excluding steroid dienone is 1. The third-order valence-electron chi connectivity index (χ3n) is 4.09. The van der Waals surface area contributed by atoms with Crippen LogP contribution in [0.2, 0.25) is 0 Å². The van der Waals surface area contributed by atoms with Gasteiger partial charge in [0.05, 0.1) is 35.5 Å². The highest BCUT2D eigenvalue weighted by atomic mass is 16.3. The minimum absolute atomic E-state index is 0.139. The van der Waals surface area contributed by atoms with E-state index in [1.54, 1.807) is 37.9 Å². The van der Waals surface area contributed by atoms with Gasteiger partial charge >= 0.3 is 0 Å². The van der Waals surface area contributed by atoms with Crippen LogP contribution in [0.4, 0.5) is 5.69 Å². The Balaban J connectivity index is 1.67. The molecule has 4 N–H and O–H groups in total. The smallest absolute Gasteiger partial charge is 0.259 e. The summed E-state index contributed by atoms with van der Waals surface area (Å²) in [7, 11) is 0. The van der Waals surface area contributed by atoms with Crippen LogP contribution in [0.1, 0.15) is 6.92 Å². The van der Waals surface area contributed by atoms with Crippen molar-refractivity contribution in [3.8, 4) is 11.3 Å². The molecule has 0 saturated carbocycles. The number of anilines is 1. The fourth-order valence-corrected chi connectivity index (χ4v) is 2.86. The first-order valence-electron chi connectivity index (χ1n) is 8.20. The fourth-order valence-electron chi connectivity index (χ4n) is 2.86. The lowest BCUT2D eigenvalue weighted by Crippen LogP contribution is -2.25. The highest BCUT2D eigenvalue weighted by molar-refractivity contribution is 6.26. The van der Waals surface area contributed by atoms with Gasteiger partial charge in [-0.3, -0.25) is 14.9 Å². The fraction of sp³-hybridized carbons (Fsp3) is 0.0526. The molecular weight excluding hydrogens is 344 g/mol. The monoisotopic (exact) mass is 360 g/mol. The maximum atomic E-state index is 12.8. The molecule has 0 spiro atoms. The largest absolute Gasteiger partial charge is 0.472 e. The Morgan fingerprint density at radius 2 is 2.19 bits per heavy atom. The average Bonchev–Trinajstić information content (AvgIpc) is 3.31. The molecule has 4 rings (SSSR count). The molecule has 3 heterocycles. The molecule has 2 aromatic heterocycles. The van der Waals surface area contributed by atoms with E-state index < -0.39 is 0 Å². The van der Waals surface area contributed by atoms with Gasteiger partial charge in [0.2, 0.25) is 0 Å². The second-order valence-electron chi connectivity index (χ2n) is 5.95. The third-order valence-corrected chi connectivity index (χ3v) is 4.09. The molecule has 1 amide bonds. The number of aromatic amines is 1. The molecule has 0 bridgehead atoms. The number of furan rings is 1. The molecule has 0 unspecified atom stereocenters. The van der Waals surface area contributed by atoms with E-state index in [0.717, 1.165) is 22.2 Å². The SMILES string of the molecule is CC(=N)/C(C(=O)Nc1ccc2[nH]nc(-c3ccoc3)c2c1)=C1/C=NC=CN1. The number of carbonyl (C=O) groups is 1. The number of amides is 1. The van der Waals surface area contributed by atoms with E-state index in [4.69, 9.17) is 9.83 Å². The number of nitrogens with zero attached hydrogens (tertiary/aromatic N) is 2. The summed E-state index contributed by atoms with van der Waals surface area (Å²) >= 11 is 0. The Bertz CT molecular complexity index is 1120. The zero-order valence-electron chi connectivity index (χ0n) is 14.4. The molecule has 0 atom stereocenters. The van der Waals surface area contributed by atoms with Crippen LogP contribution >= 0.6 is 0 Å². The van der Waals surface area contributed by atoms with E-state index in [-0.39, 0.29) is 17.2 Å². The quantitative estimate of drug-likeness (QED) is 0.422. The van der Waals surface area contributed by atoms with Gasteiger partial charge in [-0.1, -0.05) is 0 Å². The van der Waals surface area contributed by atoms with Crippen LogP contribution in [0.5, 0.6) is 0 Å². The van der Waals surface area contributed by atoms with E-state index in [1.165, 1.54) is 6.21 Å². The van der Waals surface area contributed by atoms with E-state index in [1.807, 2.05) is 18.2 Å². The second kappa shape index (κ2) is 6.75. The molecule has 0 fully saturated rings. The number of fused-ring (bicyclic) bond motifs is 1. The maximum Gasteiger partial charge on any atom is 0.259 e. The van der Waals surface area contributed by atoms with Crippen molar-refractivity contribution < 1.29 is 9.21 Å². The zero-order chi connectivity index (χ0) is 18.8. The first kappa shape index (κ1) is 16.5. The van der Waals surface area contributed by atoms with Crippen LogP contribution in [0.15, 0.2) is 69.9 Å². The number of rotatable bonds is 4. The van der Waals surface area contributed by atoms with Crippen LogP contribution in [-0.4, -0.2) is 28.0 Å². The Labute approximate surface area is 154 Å². The van der Waals surface area contributed by atoms with E-state index >= 15 is 0 Å². The molecule has 3 aromatic rings. The number of hydrogen-bond acceptors (Lipinski definition) is 6. The Morgan fingerprint density at radius 1 is 1.30 bits per heavy atom. The van der Waals surface area contributed by atoms with E-state index in [9.17, 15) is 4.79 Å². The molecule has 134 valence electrons. The van der Waals surface area contributed by atoms with Gasteiger partial charge in [0.1, 0.15) is 5.69 Å². The van der Waals surface area contributed by atoms with Crippen LogP contribution in [-0.2, 0) is 4.79 Å². The van der Waals surface area contributed by atoms with Crippen LogP contribution < -0.4 is 10.6 Å². The lowest BCUT2D eigenvalue weighted by Gasteiger charge is -2.13. The molecule has 8 heteroatoms. The summed E-state index contributed by atoms with van der Waals surface area (Å²) in [4.78, 5) is 16.8. The first-order chi connectivity index (χ1) is 13.1. The van der Waals surface area contributed by atoms with Crippen molar-refractivity contribution >= 4 is 34.4 Å². The minimum atomic E-state index is -0.389. The molecule has 0 saturated heterocycles. The maximum absolute atomic E-state index is 12.8. The topological polar surface area (TPSA) is 119 Å². The second-order valence-corrected chi connectivity index (χ2v) is 5.95. The normalized spacial score (nSPS) is 14.9. The molecule has 1 aliphatic rings. The average molecular weight is 360 g/mol. The van der Waals surface area contributed by atoms with Gasteiger partial charge < -0.3 is 20.5 Å². The number of nitrogens with one attached hydrogen (secondary N) is 4. The van der Waals surface area contributed by atoms with Crippen molar-refractivity contribution in [2.75, 3.05) is 5.32 Å². The van der Waals surface area contributed by atoms with Crippen molar-refractivity contribution in [1.29, 1.82) is 5.41 Å². The standard InChI is InChI=1S/C19H16N6O2/c1-11(20)17(16-9-21-5-6-22-16)19(26)23-13-2-3-15-14(8-13)18(25-24-15)12-4-7-27-10-12/h2-10,20,22H,1H3,(H,23,26)(H,24,25)/b17-16+,20-11?. The molecule has 8 nitrogen and oxygen atoms in total. The number of benzene rings is 1. The van der Waals surface area contributed by atoms with Crippen molar-refractivity contribution in [3.05, 3.63) is 60.5 Å². The Hall–Kier alpha value is -3.94. The number of H-pyrrole nitrogens is 1. The minimum Gasteiger partial charge on any atom is -0.472 e. The summed E-state index contributed by atoms with van der Waals surface area (Å²) in [5.41, 5.74) is 3.87. The van der Waals surface area contributed by atoms with Gasteiger partial charge in [-0.05, 0) is 31.2 Å². The van der Waals surface area contributed by atoms with Crippen LogP contribution in [0.25, 0.3) is 22.2 Å². The molecular formula is C19H16N6O2. The summed E-state index contributed by atoms with van der Waals surface area (Å²) in [6, 6.07) is 7.28. The Morgan fingerprint density at radius 3 is 2.89 bits per heavy atom. The predicted octanol–water partition coefficient (Wildman–Crippen LogP) is 3.20. The first-order valence-corrected chi connectivity index (χ1v) is 8.20. The summed E-state index contributed by atoms with van der Waals surface area (Å²) in [5, 5.41) is 21.9. The van der Waals surface area contributed by atoms with Crippen molar-refractivity contribution in [1.82, 2.24) is 15.5 Å². The number of hydrogen-bond donors (Lipinski definition) is 4. The lowest BCUT2D eigenvalue weighted by molar-refractivity contribution is -0.112. The van der Waals surface area contributed by atoms with Crippen molar-refractivity contribution in [2.24, 2.45) is 4.99 Å². The van der Waals surface area contributed by atoms with E-state index in [2.05, 4.69) is 25.8 Å². The van der Waals surface area contributed by atoms with Gasteiger partial charge in [-0.15, -0.1) is 0 Å². The van der Waals surface area contributed by atoms with E-state index in [0.29, 0.717) is 11.4 Å². The number of aromatic nitrogens is 2.